The molecule has 1 atom stereocenters. The average Bonchev–Trinajstić information content (AvgIpc) is 3.06. The Labute approximate surface area is 130 Å². The molecule has 2 aromatic rings. The van der Waals surface area contributed by atoms with Crippen molar-refractivity contribution in [3.8, 4) is 0 Å². The first-order chi connectivity index (χ1) is 10.2. The Morgan fingerprint density at radius 2 is 1.95 bits per heavy atom. The maximum absolute atomic E-state index is 4.71. The van der Waals surface area contributed by atoms with Crippen molar-refractivity contribution in [1.29, 1.82) is 0 Å². The molecule has 21 heavy (non-hydrogen) atoms. The van der Waals surface area contributed by atoms with E-state index in [-0.39, 0.29) is 5.54 Å². The number of anilines is 1. The van der Waals surface area contributed by atoms with E-state index in [1.165, 1.54) is 53.9 Å². The van der Waals surface area contributed by atoms with Crippen molar-refractivity contribution in [3.05, 3.63) is 45.9 Å². The molecule has 1 saturated carbocycles. The first-order valence-electron chi connectivity index (χ1n) is 8.03. The minimum atomic E-state index is 0.209. The summed E-state index contributed by atoms with van der Waals surface area (Å²) < 4.78 is 0. The van der Waals surface area contributed by atoms with Gasteiger partial charge in [-0.2, -0.15) is 0 Å². The van der Waals surface area contributed by atoms with Crippen molar-refractivity contribution in [2.24, 2.45) is 0 Å². The average molecular weight is 298 g/mol. The summed E-state index contributed by atoms with van der Waals surface area (Å²) in [4.78, 5) is 8.94. The number of aryl methyl sites for hydroxylation is 1. The van der Waals surface area contributed by atoms with Crippen LogP contribution in [0.15, 0.2) is 29.8 Å². The standard InChI is InChI=1S/C18H22N2S/c1-13-8-4-5-9-15(13)20-14(2)16-17(21-12-19-16)18(20)10-6-3-7-11-18/h4-5,8-9,12,14H,3,6-7,10-11H2,1-2H3. The molecule has 1 aromatic heterocycles. The fraction of sp³-hybridized carbons (Fsp3) is 0.500. The van der Waals surface area contributed by atoms with E-state index < -0.39 is 0 Å². The first kappa shape index (κ1) is 13.3. The molecule has 2 nitrogen and oxygen atoms in total. The zero-order chi connectivity index (χ0) is 14.4. The van der Waals surface area contributed by atoms with Gasteiger partial charge < -0.3 is 4.90 Å². The van der Waals surface area contributed by atoms with Crippen molar-refractivity contribution in [1.82, 2.24) is 4.98 Å². The zero-order valence-corrected chi connectivity index (χ0v) is 13.6. The third-order valence-corrected chi connectivity index (χ3v) is 6.35. The van der Waals surface area contributed by atoms with Crippen molar-refractivity contribution in [2.75, 3.05) is 4.90 Å². The van der Waals surface area contributed by atoms with Gasteiger partial charge in [0.05, 0.1) is 27.7 Å². The first-order valence-corrected chi connectivity index (χ1v) is 8.91. The van der Waals surface area contributed by atoms with Crippen LogP contribution < -0.4 is 4.90 Å². The van der Waals surface area contributed by atoms with E-state index in [0.29, 0.717) is 6.04 Å². The molecule has 0 radical (unpaired) electrons. The number of para-hydroxylation sites is 1. The second kappa shape index (κ2) is 4.84. The largest absolute Gasteiger partial charge is 0.352 e. The second-order valence-corrected chi connectivity index (χ2v) is 7.35. The number of fused-ring (bicyclic) bond motifs is 2. The van der Waals surface area contributed by atoms with Crippen molar-refractivity contribution in [3.63, 3.8) is 0 Å². The van der Waals surface area contributed by atoms with Gasteiger partial charge in [0.25, 0.3) is 0 Å². The van der Waals surface area contributed by atoms with E-state index in [1.54, 1.807) is 0 Å². The highest BCUT2D eigenvalue weighted by Gasteiger charge is 2.51. The van der Waals surface area contributed by atoms with Gasteiger partial charge in [0, 0.05) is 5.69 Å². The van der Waals surface area contributed by atoms with Gasteiger partial charge in [-0.05, 0) is 38.3 Å². The second-order valence-electron chi connectivity index (χ2n) is 6.49. The highest BCUT2D eigenvalue weighted by atomic mass is 32.1. The van der Waals surface area contributed by atoms with Gasteiger partial charge in [-0.25, -0.2) is 4.98 Å². The summed E-state index contributed by atoms with van der Waals surface area (Å²) in [7, 11) is 0. The fourth-order valence-corrected chi connectivity index (χ4v) is 5.52. The topological polar surface area (TPSA) is 16.1 Å². The minimum Gasteiger partial charge on any atom is -0.352 e. The molecule has 4 rings (SSSR count). The summed E-state index contributed by atoms with van der Waals surface area (Å²) in [5.41, 5.74) is 6.36. The Morgan fingerprint density at radius 3 is 2.71 bits per heavy atom. The number of aromatic nitrogens is 1. The lowest BCUT2D eigenvalue weighted by Crippen LogP contribution is -2.44. The van der Waals surface area contributed by atoms with Gasteiger partial charge >= 0.3 is 0 Å². The lowest BCUT2D eigenvalue weighted by molar-refractivity contribution is 0.288. The van der Waals surface area contributed by atoms with Gasteiger partial charge in [0.2, 0.25) is 0 Å². The van der Waals surface area contributed by atoms with Gasteiger partial charge in [0.1, 0.15) is 0 Å². The van der Waals surface area contributed by atoms with Gasteiger partial charge in [-0.3, -0.25) is 0 Å². The SMILES string of the molecule is Cc1ccccc1N1C(C)c2ncsc2C12CCCCC2. The van der Waals surface area contributed by atoms with Crippen LogP contribution in [-0.2, 0) is 5.54 Å². The quantitative estimate of drug-likeness (QED) is 0.720. The molecule has 110 valence electrons. The maximum atomic E-state index is 4.71. The van der Waals surface area contributed by atoms with Crippen LogP contribution in [0.1, 0.15) is 61.2 Å². The lowest BCUT2D eigenvalue weighted by Gasteiger charge is -2.45. The van der Waals surface area contributed by atoms with Crippen LogP contribution in [0.5, 0.6) is 0 Å². The Kier molecular flexibility index (Phi) is 3.07. The van der Waals surface area contributed by atoms with E-state index in [2.05, 4.69) is 43.0 Å². The van der Waals surface area contributed by atoms with Gasteiger partial charge in [-0.1, -0.05) is 37.5 Å². The molecular formula is C18H22N2S. The van der Waals surface area contributed by atoms with Crippen molar-refractivity contribution in [2.45, 2.75) is 57.5 Å². The molecule has 3 heteroatoms. The molecule has 1 fully saturated rings. The van der Waals surface area contributed by atoms with Crippen LogP contribution >= 0.6 is 11.3 Å². The summed E-state index contributed by atoms with van der Waals surface area (Å²) in [6.07, 6.45) is 6.62. The van der Waals surface area contributed by atoms with Crippen molar-refractivity contribution < 1.29 is 0 Å². The molecule has 0 amide bonds. The Morgan fingerprint density at radius 1 is 1.19 bits per heavy atom. The maximum Gasteiger partial charge on any atom is 0.0799 e. The summed E-state index contributed by atoms with van der Waals surface area (Å²) in [5.74, 6) is 0. The molecule has 1 spiro atoms. The number of rotatable bonds is 1. The van der Waals surface area contributed by atoms with E-state index in [4.69, 9.17) is 4.98 Å². The molecule has 1 aromatic carbocycles. The molecule has 1 aliphatic heterocycles. The molecular weight excluding hydrogens is 276 g/mol. The molecule has 1 aliphatic carbocycles. The van der Waals surface area contributed by atoms with Crippen LogP contribution in [0.2, 0.25) is 0 Å². The number of hydrogen-bond acceptors (Lipinski definition) is 3. The molecule has 0 saturated heterocycles. The molecule has 2 aliphatic rings. The zero-order valence-electron chi connectivity index (χ0n) is 12.8. The fourth-order valence-electron chi connectivity index (χ4n) is 4.38. The summed E-state index contributed by atoms with van der Waals surface area (Å²) in [6.45, 7) is 4.56. The van der Waals surface area contributed by atoms with E-state index >= 15 is 0 Å². The summed E-state index contributed by atoms with van der Waals surface area (Å²) in [5, 5.41) is 0. The smallest absolute Gasteiger partial charge is 0.0799 e. The normalized spacial score (nSPS) is 23.5. The summed E-state index contributed by atoms with van der Waals surface area (Å²) >= 11 is 1.87. The third kappa shape index (κ3) is 1.80. The predicted octanol–water partition coefficient (Wildman–Crippen LogP) is 5.19. The van der Waals surface area contributed by atoms with Crippen molar-refractivity contribution >= 4 is 17.0 Å². The highest BCUT2D eigenvalue weighted by molar-refractivity contribution is 7.10. The number of benzene rings is 1. The highest BCUT2D eigenvalue weighted by Crippen LogP contribution is 2.56. The third-order valence-electron chi connectivity index (χ3n) is 5.32. The molecule has 2 heterocycles. The van der Waals surface area contributed by atoms with Crippen LogP contribution in [0.25, 0.3) is 0 Å². The minimum absolute atomic E-state index is 0.209. The predicted molar refractivity (Wildman–Crippen MR) is 89.0 cm³/mol. The van der Waals surface area contributed by atoms with Crippen LogP contribution in [0.4, 0.5) is 5.69 Å². The van der Waals surface area contributed by atoms with Crippen LogP contribution in [0, 0.1) is 6.92 Å². The van der Waals surface area contributed by atoms with Gasteiger partial charge in [0.15, 0.2) is 0 Å². The summed E-state index contributed by atoms with van der Waals surface area (Å²) in [6, 6.07) is 9.23. The molecule has 0 N–H and O–H groups in total. The van der Waals surface area contributed by atoms with Gasteiger partial charge in [-0.15, -0.1) is 11.3 Å². The Balaban J connectivity index is 1.89. The van der Waals surface area contributed by atoms with E-state index in [1.807, 2.05) is 16.8 Å². The Hall–Kier alpha value is -1.35. The lowest BCUT2D eigenvalue weighted by atomic mass is 9.80. The number of hydrogen-bond donors (Lipinski definition) is 0. The number of thiazole rings is 1. The Bertz CT molecular complexity index is 655. The van der Waals surface area contributed by atoms with E-state index in [9.17, 15) is 0 Å². The van der Waals surface area contributed by atoms with Crippen LogP contribution in [-0.4, -0.2) is 4.98 Å². The molecule has 1 unspecified atom stereocenters. The number of nitrogens with zero attached hydrogens (tertiary/aromatic N) is 2. The molecule has 0 bridgehead atoms. The van der Waals surface area contributed by atoms with E-state index in [0.717, 1.165) is 0 Å². The van der Waals surface area contributed by atoms with Crippen LogP contribution in [0.3, 0.4) is 0 Å². The monoisotopic (exact) mass is 298 g/mol.